The molecule has 0 bridgehead atoms. The van der Waals surface area contributed by atoms with Gasteiger partial charge in [0.05, 0.1) is 30.5 Å². The maximum Gasteiger partial charge on any atom is 0.311 e. The molecule has 0 saturated heterocycles. The minimum absolute atomic E-state index is 0.0943. The highest BCUT2D eigenvalue weighted by molar-refractivity contribution is 5.76. The molecular weight excluding hydrogens is 638 g/mol. The molecule has 0 fully saturated rings. The van der Waals surface area contributed by atoms with E-state index in [1.54, 1.807) is 0 Å². The van der Waals surface area contributed by atoms with Crippen LogP contribution in [0.5, 0.6) is 0 Å². The number of unbranched alkanes of at least 4 members (excludes halogenated alkanes) is 4. The Balaban J connectivity index is 4.59. The second-order valence-electron chi connectivity index (χ2n) is 18.3. The second kappa shape index (κ2) is 27.9. The summed E-state index contributed by atoms with van der Waals surface area (Å²) >= 11 is 0. The van der Waals surface area contributed by atoms with Gasteiger partial charge in [-0.2, -0.15) is 0 Å². The Hall–Kier alpha value is -1.63. The third-order valence-corrected chi connectivity index (χ3v) is 10.5. The van der Waals surface area contributed by atoms with E-state index < -0.39 is 10.8 Å². The Morgan fingerprint density at radius 1 is 0.529 bits per heavy atom. The lowest BCUT2D eigenvalue weighted by atomic mass is 9.86. The predicted molar refractivity (Wildman–Crippen MR) is 214 cm³/mol. The number of carbonyl (C=O) groups excluding carboxylic acids is 3. The van der Waals surface area contributed by atoms with Crippen molar-refractivity contribution < 1.29 is 28.6 Å². The third-order valence-electron chi connectivity index (χ3n) is 10.5. The summed E-state index contributed by atoms with van der Waals surface area (Å²) in [6, 6.07) is 0. The lowest BCUT2D eigenvalue weighted by molar-refractivity contribution is -0.155. The molecule has 0 amide bonds. The van der Waals surface area contributed by atoms with Gasteiger partial charge in [-0.25, -0.2) is 0 Å². The average molecular weight is 724 g/mol. The van der Waals surface area contributed by atoms with Crippen LogP contribution in [0.2, 0.25) is 0 Å². The molecule has 302 valence electrons. The highest BCUT2D eigenvalue weighted by Gasteiger charge is 2.30. The summed E-state index contributed by atoms with van der Waals surface area (Å²) in [5.74, 6) is 2.31. The molecule has 0 radical (unpaired) electrons. The highest BCUT2D eigenvalue weighted by Crippen LogP contribution is 2.29. The molecule has 0 rings (SSSR count). The lowest BCUT2D eigenvalue weighted by Gasteiger charge is -2.24. The van der Waals surface area contributed by atoms with Crippen molar-refractivity contribution in [3.63, 3.8) is 0 Å². The monoisotopic (exact) mass is 724 g/mol. The fraction of sp³-hybridized carbons (Fsp3) is 0.932. The van der Waals surface area contributed by atoms with Crippen molar-refractivity contribution in [3.8, 4) is 0 Å². The summed E-state index contributed by atoms with van der Waals surface area (Å²) in [4.78, 5) is 40.3. The van der Waals surface area contributed by atoms with Gasteiger partial charge in [0.2, 0.25) is 0 Å². The van der Waals surface area contributed by atoms with Crippen LogP contribution in [0, 0.1) is 34.5 Å². The molecule has 0 spiro atoms. The maximum atomic E-state index is 12.8. The van der Waals surface area contributed by atoms with Crippen LogP contribution in [-0.4, -0.2) is 62.8 Å². The molecule has 0 heterocycles. The molecule has 51 heavy (non-hydrogen) atoms. The summed E-state index contributed by atoms with van der Waals surface area (Å²) in [5, 5.41) is 0. The first-order chi connectivity index (χ1) is 23.9. The van der Waals surface area contributed by atoms with Crippen molar-refractivity contribution in [2.45, 2.75) is 197 Å². The van der Waals surface area contributed by atoms with E-state index in [9.17, 15) is 14.4 Å². The maximum absolute atomic E-state index is 12.8. The number of esters is 3. The molecule has 7 nitrogen and oxygen atoms in total. The predicted octanol–water partition coefficient (Wildman–Crippen LogP) is 11.6. The van der Waals surface area contributed by atoms with E-state index in [0.717, 1.165) is 88.9 Å². The van der Waals surface area contributed by atoms with E-state index in [0.29, 0.717) is 38.0 Å². The van der Waals surface area contributed by atoms with Gasteiger partial charge < -0.3 is 19.1 Å². The van der Waals surface area contributed by atoms with E-state index in [1.807, 2.05) is 46.7 Å². The van der Waals surface area contributed by atoms with Crippen molar-refractivity contribution in [1.82, 2.24) is 4.90 Å². The Kier molecular flexibility index (Phi) is 27.0. The molecule has 0 aromatic heterocycles. The van der Waals surface area contributed by atoms with Gasteiger partial charge in [-0.05, 0) is 117 Å². The van der Waals surface area contributed by atoms with E-state index in [4.69, 9.17) is 14.2 Å². The summed E-state index contributed by atoms with van der Waals surface area (Å²) in [6.07, 6.45) is 18.6. The Labute approximate surface area is 316 Å². The number of nitrogens with zero attached hydrogens (tertiary/aromatic N) is 1. The minimum atomic E-state index is -0.495. The number of hydrogen-bond acceptors (Lipinski definition) is 7. The summed E-state index contributed by atoms with van der Waals surface area (Å²) in [7, 11) is 3.93. The van der Waals surface area contributed by atoms with Crippen LogP contribution in [-0.2, 0) is 28.6 Å². The van der Waals surface area contributed by atoms with Crippen LogP contribution in [0.1, 0.15) is 191 Å². The minimum Gasteiger partial charge on any atom is -0.465 e. The molecule has 0 aromatic carbocycles. The van der Waals surface area contributed by atoms with Crippen LogP contribution in [0.15, 0.2) is 0 Å². The van der Waals surface area contributed by atoms with Crippen molar-refractivity contribution in [3.05, 3.63) is 0 Å². The first-order valence-electron chi connectivity index (χ1n) is 21.0. The number of ether oxygens (including phenoxy) is 3. The van der Waals surface area contributed by atoms with Crippen LogP contribution in [0.4, 0.5) is 0 Å². The molecule has 0 aromatic rings. The van der Waals surface area contributed by atoms with E-state index in [-0.39, 0.29) is 24.0 Å². The normalized spacial score (nSPS) is 14.2. The average Bonchev–Trinajstić information content (AvgIpc) is 3.02. The van der Waals surface area contributed by atoms with Crippen LogP contribution >= 0.6 is 0 Å². The first kappa shape index (κ1) is 49.4. The Bertz CT molecular complexity index is 851. The topological polar surface area (TPSA) is 82.1 Å². The molecule has 7 heteroatoms. The third kappa shape index (κ3) is 27.6. The number of hydrogen-bond donors (Lipinski definition) is 0. The highest BCUT2D eigenvalue weighted by atomic mass is 16.5. The zero-order valence-corrected chi connectivity index (χ0v) is 35.8. The summed E-state index contributed by atoms with van der Waals surface area (Å²) in [5.41, 5.74) is -0.991. The summed E-state index contributed by atoms with van der Waals surface area (Å²) in [6.45, 7) is 23.2. The van der Waals surface area contributed by atoms with Crippen molar-refractivity contribution in [2.75, 3.05) is 33.9 Å². The van der Waals surface area contributed by atoms with Gasteiger partial charge >= 0.3 is 17.9 Å². The smallest absolute Gasteiger partial charge is 0.311 e. The number of carbonyl (C=O) groups is 3. The molecule has 0 saturated carbocycles. The van der Waals surface area contributed by atoms with Gasteiger partial charge in [-0.15, -0.1) is 0 Å². The standard InChI is InChI=1S/C44H85NO6/c1-35(2)21-19-23-37(5)28-33-49-41(47)43(7,8)30-17-13-15-25-39(51-40(46)27-32-45(11)12)26-16-14-18-31-44(9,10)42(48)50-34-29-38(6)24-20-22-36(3)4/h35-39H,13-34H2,1-12H3. The van der Waals surface area contributed by atoms with Crippen molar-refractivity contribution >= 4 is 17.9 Å². The zero-order valence-electron chi connectivity index (χ0n) is 35.8. The van der Waals surface area contributed by atoms with E-state index in [1.165, 1.54) is 38.5 Å². The van der Waals surface area contributed by atoms with Crippen LogP contribution in [0.3, 0.4) is 0 Å². The van der Waals surface area contributed by atoms with Gasteiger partial charge in [-0.3, -0.25) is 14.4 Å². The van der Waals surface area contributed by atoms with E-state index in [2.05, 4.69) is 41.5 Å². The summed E-state index contributed by atoms with van der Waals surface area (Å²) < 4.78 is 17.4. The lowest BCUT2D eigenvalue weighted by Crippen LogP contribution is -2.27. The molecule has 0 N–H and O–H groups in total. The molecule has 2 unspecified atom stereocenters. The van der Waals surface area contributed by atoms with Gasteiger partial charge in [0.15, 0.2) is 0 Å². The zero-order chi connectivity index (χ0) is 38.9. The van der Waals surface area contributed by atoms with Gasteiger partial charge in [0, 0.05) is 6.54 Å². The molecule has 2 atom stereocenters. The molecule has 0 aliphatic rings. The van der Waals surface area contributed by atoms with Gasteiger partial charge in [0.1, 0.15) is 6.10 Å². The Morgan fingerprint density at radius 3 is 1.31 bits per heavy atom. The molecule has 0 aliphatic carbocycles. The van der Waals surface area contributed by atoms with Gasteiger partial charge in [0.25, 0.3) is 0 Å². The molecular formula is C44H85NO6. The van der Waals surface area contributed by atoms with Crippen molar-refractivity contribution in [1.29, 1.82) is 0 Å². The Morgan fingerprint density at radius 2 is 0.941 bits per heavy atom. The fourth-order valence-electron chi connectivity index (χ4n) is 6.39. The largest absolute Gasteiger partial charge is 0.465 e. The fourth-order valence-corrected chi connectivity index (χ4v) is 6.39. The quantitative estimate of drug-likeness (QED) is 0.0388. The van der Waals surface area contributed by atoms with E-state index >= 15 is 0 Å². The van der Waals surface area contributed by atoms with Gasteiger partial charge in [-0.1, -0.05) is 106 Å². The van der Waals surface area contributed by atoms with Crippen LogP contribution < -0.4 is 0 Å². The van der Waals surface area contributed by atoms with Crippen LogP contribution in [0.25, 0.3) is 0 Å². The van der Waals surface area contributed by atoms with Crippen molar-refractivity contribution in [2.24, 2.45) is 34.5 Å². The molecule has 0 aliphatic heterocycles. The number of rotatable bonds is 32. The SMILES string of the molecule is CC(C)CCCC(C)CCOC(=O)C(C)(C)CCCCCC(CCCCCC(C)(C)C(=O)OCCC(C)CCCC(C)C)OC(=O)CCN(C)C. The second-order valence-corrected chi connectivity index (χ2v) is 18.3. The first-order valence-corrected chi connectivity index (χ1v) is 21.0.